The Bertz CT molecular complexity index is 224. The molecule has 1 atom stereocenters. The van der Waals surface area contributed by atoms with Gasteiger partial charge in [0.1, 0.15) is 0 Å². The number of rotatable bonds is 7. The van der Waals surface area contributed by atoms with Crippen molar-refractivity contribution >= 4 is 0 Å². The normalized spacial score (nSPS) is 24.9. The highest BCUT2D eigenvalue weighted by atomic mass is 15.2. The Morgan fingerprint density at radius 3 is 2.37 bits per heavy atom. The van der Waals surface area contributed by atoms with E-state index < -0.39 is 0 Å². The van der Waals surface area contributed by atoms with Crippen molar-refractivity contribution in [3.8, 4) is 0 Å². The van der Waals surface area contributed by atoms with Crippen LogP contribution in [0.2, 0.25) is 0 Å². The molecule has 2 rings (SSSR count). The number of likely N-dealkylation sites (tertiary alicyclic amines) is 2. The van der Waals surface area contributed by atoms with Crippen LogP contribution in [0, 0.1) is 5.92 Å². The molecule has 0 saturated carbocycles. The van der Waals surface area contributed by atoms with E-state index in [-0.39, 0.29) is 0 Å². The SMILES string of the molecule is CCCC(CNC)N1CCC(CN2CCCC2)CC1. The highest BCUT2D eigenvalue weighted by Crippen LogP contribution is 2.22. The molecule has 1 unspecified atom stereocenters. The molecule has 0 amide bonds. The fourth-order valence-electron chi connectivity index (χ4n) is 3.81. The number of hydrogen-bond acceptors (Lipinski definition) is 3. The molecule has 3 heteroatoms. The molecule has 0 aromatic rings. The van der Waals surface area contributed by atoms with Crippen LogP contribution in [0.1, 0.15) is 45.4 Å². The zero-order valence-corrected chi connectivity index (χ0v) is 13.0. The van der Waals surface area contributed by atoms with Crippen LogP contribution in [0.4, 0.5) is 0 Å². The van der Waals surface area contributed by atoms with Crippen LogP contribution < -0.4 is 5.32 Å². The summed E-state index contributed by atoms with van der Waals surface area (Å²) in [5, 5.41) is 3.37. The van der Waals surface area contributed by atoms with E-state index in [1.807, 2.05) is 0 Å². The second-order valence-electron chi connectivity index (χ2n) is 6.49. The molecule has 0 bridgehead atoms. The van der Waals surface area contributed by atoms with Crippen LogP contribution in [-0.4, -0.2) is 62.2 Å². The van der Waals surface area contributed by atoms with Crippen LogP contribution in [0.5, 0.6) is 0 Å². The Kier molecular flexibility index (Phi) is 6.62. The molecule has 0 radical (unpaired) electrons. The van der Waals surface area contributed by atoms with Gasteiger partial charge in [0.15, 0.2) is 0 Å². The smallest absolute Gasteiger partial charge is 0.0220 e. The number of piperidine rings is 1. The van der Waals surface area contributed by atoms with Crippen LogP contribution in [-0.2, 0) is 0 Å². The second kappa shape index (κ2) is 8.23. The predicted molar refractivity (Wildman–Crippen MR) is 82.6 cm³/mol. The first-order valence-corrected chi connectivity index (χ1v) is 8.44. The van der Waals surface area contributed by atoms with Gasteiger partial charge in [-0.05, 0) is 71.2 Å². The summed E-state index contributed by atoms with van der Waals surface area (Å²) in [6.07, 6.45) is 8.34. The van der Waals surface area contributed by atoms with Crippen LogP contribution in [0.15, 0.2) is 0 Å². The third-order valence-electron chi connectivity index (χ3n) is 4.94. The van der Waals surface area contributed by atoms with Gasteiger partial charge in [-0.25, -0.2) is 0 Å². The summed E-state index contributed by atoms with van der Waals surface area (Å²) >= 11 is 0. The summed E-state index contributed by atoms with van der Waals surface area (Å²) in [5.74, 6) is 0.964. The quantitative estimate of drug-likeness (QED) is 0.763. The number of nitrogens with one attached hydrogen (secondary N) is 1. The zero-order valence-electron chi connectivity index (χ0n) is 13.0. The highest BCUT2D eigenvalue weighted by Gasteiger charge is 2.26. The Balaban J connectivity index is 1.70. The first-order valence-electron chi connectivity index (χ1n) is 8.44. The maximum absolute atomic E-state index is 3.37. The fourth-order valence-corrected chi connectivity index (χ4v) is 3.81. The number of likely N-dealkylation sites (N-methyl/N-ethyl adjacent to an activating group) is 1. The van der Waals surface area contributed by atoms with Crippen molar-refractivity contribution in [2.45, 2.75) is 51.5 Å². The number of nitrogens with zero attached hydrogens (tertiary/aromatic N) is 2. The molecular formula is C16H33N3. The van der Waals surface area contributed by atoms with Gasteiger partial charge in [0.25, 0.3) is 0 Å². The molecule has 2 aliphatic rings. The molecule has 0 aromatic carbocycles. The van der Waals surface area contributed by atoms with E-state index in [0.717, 1.165) is 18.5 Å². The van der Waals surface area contributed by atoms with E-state index >= 15 is 0 Å². The van der Waals surface area contributed by atoms with Crippen molar-refractivity contribution in [1.82, 2.24) is 15.1 Å². The summed E-state index contributed by atoms with van der Waals surface area (Å²) in [5.41, 5.74) is 0. The van der Waals surface area contributed by atoms with Gasteiger partial charge in [-0.15, -0.1) is 0 Å². The van der Waals surface area contributed by atoms with Gasteiger partial charge < -0.3 is 10.2 Å². The summed E-state index contributed by atoms with van der Waals surface area (Å²) < 4.78 is 0. The van der Waals surface area contributed by atoms with E-state index in [1.165, 1.54) is 71.2 Å². The summed E-state index contributed by atoms with van der Waals surface area (Å²) in [6.45, 7) is 10.2. The lowest BCUT2D eigenvalue weighted by Gasteiger charge is -2.38. The third-order valence-corrected chi connectivity index (χ3v) is 4.94. The topological polar surface area (TPSA) is 18.5 Å². The molecule has 2 heterocycles. The lowest BCUT2D eigenvalue weighted by molar-refractivity contribution is 0.110. The minimum atomic E-state index is 0.766. The minimum absolute atomic E-state index is 0.766. The van der Waals surface area contributed by atoms with Crippen LogP contribution >= 0.6 is 0 Å². The van der Waals surface area contributed by atoms with Crippen molar-refractivity contribution in [3.63, 3.8) is 0 Å². The first-order chi connectivity index (χ1) is 9.33. The maximum Gasteiger partial charge on any atom is 0.0220 e. The van der Waals surface area contributed by atoms with Crippen molar-refractivity contribution in [1.29, 1.82) is 0 Å². The van der Waals surface area contributed by atoms with Crippen LogP contribution in [0.3, 0.4) is 0 Å². The standard InChI is InChI=1S/C16H33N3/c1-3-6-16(13-17-2)19-11-7-15(8-12-19)14-18-9-4-5-10-18/h15-17H,3-14H2,1-2H3. The molecule has 3 nitrogen and oxygen atoms in total. The molecule has 112 valence electrons. The Morgan fingerprint density at radius 1 is 1.11 bits per heavy atom. The van der Waals surface area contributed by atoms with E-state index in [0.29, 0.717) is 0 Å². The van der Waals surface area contributed by atoms with Gasteiger partial charge >= 0.3 is 0 Å². The molecule has 0 aliphatic carbocycles. The summed E-state index contributed by atoms with van der Waals surface area (Å²) in [7, 11) is 2.09. The average molecular weight is 267 g/mol. The van der Waals surface area contributed by atoms with E-state index in [9.17, 15) is 0 Å². The van der Waals surface area contributed by atoms with Crippen molar-refractivity contribution < 1.29 is 0 Å². The third kappa shape index (κ3) is 4.73. The molecular weight excluding hydrogens is 234 g/mol. The van der Waals surface area contributed by atoms with E-state index in [4.69, 9.17) is 0 Å². The molecule has 0 spiro atoms. The molecule has 19 heavy (non-hydrogen) atoms. The minimum Gasteiger partial charge on any atom is -0.318 e. The molecule has 1 N–H and O–H groups in total. The Hall–Kier alpha value is -0.120. The van der Waals surface area contributed by atoms with Gasteiger partial charge in [-0.2, -0.15) is 0 Å². The van der Waals surface area contributed by atoms with E-state index in [1.54, 1.807) is 0 Å². The molecule has 2 aliphatic heterocycles. The molecule has 0 aromatic heterocycles. The number of hydrogen-bond donors (Lipinski definition) is 1. The molecule has 2 saturated heterocycles. The largest absolute Gasteiger partial charge is 0.318 e. The lowest BCUT2D eigenvalue weighted by atomic mass is 9.94. The lowest BCUT2D eigenvalue weighted by Crippen LogP contribution is -2.47. The molecule has 2 fully saturated rings. The summed E-state index contributed by atoms with van der Waals surface area (Å²) in [4.78, 5) is 5.43. The summed E-state index contributed by atoms with van der Waals surface area (Å²) in [6, 6.07) is 0.766. The Morgan fingerprint density at radius 2 is 1.79 bits per heavy atom. The Labute approximate surface area is 119 Å². The van der Waals surface area contributed by atoms with Crippen molar-refractivity contribution in [2.24, 2.45) is 5.92 Å². The maximum atomic E-state index is 3.37. The zero-order chi connectivity index (χ0) is 13.5. The fraction of sp³-hybridized carbons (Fsp3) is 1.00. The predicted octanol–water partition coefficient (Wildman–Crippen LogP) is 2.18. The first kappa shape index (κ1) is 15.3. The van der Waals surface area contributed by atoms with Gasteiger partial charge in [0.05, 0.1) is 0 Å². The van der Waals surface area contributed by atoms with Crippen LogP contribution in [0.25, 0.3) is 0 Å². The van der Waals surface area contributed by atoms with Gasteiger partial charge in [-0.1, -0.05) is 13.3 Å². The van der Waals surface area contributed by atoms with Gasteiger partial charge in [0.2, 0.25) is 0 Å². The van der Waals surface area contributed by atoms with Gasteiger partial charge in [-0.3, -0.25) is 4.90 Å². The average Bonchev–Trinajstić information content (AvgIpc) is 2.92. The second-order valence-corrected chi connectivity index (χ2v) is 6.49. The monoisotopic (exact) mass is 267 g/mol. The van der Waals surface area contributed by atoms with E-state index in [2.05, 4.69) is 29.1 Å². The van der Waals surface area contributed by atoms with Gasteiger partial charge in [0, 0.05) is 19.1 Å². The van der Waals surface area contributed by atoms with Crippen molar-refractivity contribution in [2.75, 3.05) is 46.3 Å². The highest BCUT2D eigenvalue weighted by molar-refractivity contribution is 4.81. The van der Waals surface area contributed by atoms with Crippen molar-refractivity contribution in [3.05, 3.63) is 0 Å².